The number of thioether (sulfide) groups is 1. The van der Waals surface area contributed by atoms with Crippen LogP contribution in [-0.2, 0) is 9.53 Å². The van der Waals surface area contributed by atoms with Gasteiger partial charge in [-0.2, -0.15) is 0 Å². The topological polar surface area (TPSA) is 72.3 Å². The Labute approximate surface area is 209 Å². The van der Waals surface area contributed by atoms with Crippen LogP contribution < -0.4 is 10.2 Å². The van der Waals surface area contributed by atoms with E-state index in [1.165, 1.54) is 17.3 Å². The van der Waals surface area contributed by atoms with Crippen LogP contribution in [0.3, 0.4) is 0 Å². The number of carbonyl (C=O) groups is 1. The van der Waals surface area contributed by atoms with Gasteiger partial charge in [0.25, 0.3) is 0 Å². The second-order valence-corrected chi connectivity index (χ2v) is 9.27. The van der Waals surface area contributed by atoms with Crippen LogP contribution in [0, 0.1) is 6.92 Å². The van der Waals surface area contributed by atoms with Gasteiger partial charge in [0.1, 0.15) is 0 Å². The molecule has 3 aromatic carbocycles. The van der Waals surface area contributed by atoms with Gasteiger partial charge in [0, 0.05) is 35.7 Å². The summed E-state index contributed by atoms with van der Waals surface area (Å²) in [7, 11) is 0. The second kappa shape index (κ2) is 10.8. The normalized spacial score (nSPS) is 13.6. The molecule has 0 spiro atoms. The van der Waals surface area contributed by atoms with E-state index in [1.54, 1.807) is 0 Å². The minimum absolute atomic E-state index is 0.0890. The van der Waals surface area contributed by atoms with Crippen molar-refractivity contribution in [3.8, 4) is 17.1 Å². The largest absolute Gasteiger partial charge is 0.378 e. The predicted octanol–water partition coefficient (Wildman–Crippen LogP) is 4.81. The summed E-state index contributed by atoms with van der Waals surface area (Å²) >= 11 is 1.37. The van der Waals surface area contributed by atoms with Crippen molar-refractivity contribution in [2.45, 2.75) is 12.1 Å². The number of carbonyl (C=O) groups excluding carboxylic acids is 1. The molecule has 2 heterocycles. The van der Waals surface area contributed by atoms with Gasteiger partial charge in [0.2, 0.25) is 5.91 Å². The van der Waals surface area contributed by atoms with Gasteiger partial charge in [0.15, 0.2) is 11.0 Å². The van der Waals surface area contributed by atoms with Gasteiger partial charge in [0.05, 0.1) is 19.0 Å². The number of hydrogen-bond acceptors (Lipinski definition) is 6. The number of nitrogens with one attached hydrogen (secondary N) is 1. The monoisotopic (exact) mass is 485 g/mol. The Bertz CT molecular complexity index is 1270. The number of nitrogens with zero attached hydrogens (tertiary/aromatic N) is 4. The lowest BCUT2D eigenvalue weighted by Gasteiger charge is -2.28. The molecule has 35 heavy (non-hydrogen) atoms. The van der Waals surface area contributed by atoms with Gasteiger partial charge in [-0.15, -0.1) is 10.2 Å². The van der Waals surface area contributed by atoms with Crippen molar-refractivity contribution >= 4 is 29.0 Å². The minimum atomic E-state index is -0.0890. The lowest BCUT2D eigenvalue weighted by Crippen LogP contribution is -2.36. The zero-order chi connectivity index (χ0) is 24.0. The first-order chi connectivity index (χ1) is 17.2. The number of amides is 1. The summed E-state index contributed by atoms with van der Waals surface area (Å²) in [5, 5.41) is 12.5. The Kier molecular flexibility index (Phi) is 7.11. The van der Waals surface area contributed by atoms with E-state index >= 15 is 0 Å². The SMILES string of the molecule is Cc1ccc(-n2c(SCC(=O)Nc3ccc(N4CCOCC4)cc3)nnc2-c2ccccc2)cc1. The van der Waals surface area contributed by atoms with Gasteiger partial charge in [-0.25, -0.2) is 0 Å². The lowest BCUT2D eigenvalue weighted by molar-refractivity contribution is -0.113. The third-order valence-corrected chi connectivity index (χ3v) is 6.75. The predicted molar refractivity (Wildman–Crippen MR) is 140 cm³/mol. The number of anilines is 2. The highest BCUT2D eigenvalue weighted by molar-refractivity contribution is 7.99. The van der Waals surface area contributed by atoms with Gasteiger partial charge in [-0.05, 0) is 43.3 Å². The fourth-order valence-corrected chi connectivity index (χ4v) is 4.72. The highest BCUT2D eigenvalue weighted by atomic mass is 32.2. The van der Waals surface area contributed by atoms with Crippen LogP contribution in [0.4, 0.5) is 11.4 Å². The summed E-state index contributed by atoms with van der Waals surface area (Å²) in [6.07, 6.45) is 0. The molecule has 5 rings (SSSR count). The average molecular weight is 486 g/mol. The molecule has 8 heteroatoms. The van der Waals surface area contributed by atoms with Gasteiger partial charge < -0.3 is 15.0 Å². The Morgan fingerprint density at radius 3 is 2.31 bits per heavy atom. The number of hydrogen-bond donors (Lipinski definition) is 1. The van der Waals surface area contributed by atoms with E-state index in [0.29, 0.717) is 5.16 Å². The Hall–Kier alpha value is -3.62. The van der Waals surface area contributed by atoms with Gasteiger partial charge in [-0.3, -0.25) is 9.36 Å². The van der Waals surface area contributed by atoms with Crippen molar-refractivity contribution in [1.82, 2.24) is 14.8 Å². The highest BCUT2D eigenvalue weighted by Gasteiger charge is 2.17. The summed E-state index contributed by atoms with van der Waals surface area (Å²) < 4.78 is 7.42. The maximum atomic E-state index is 12.7. The zero-order valence-corrected chi connectivity index (χ0v) is 20.4. The third kappa shape index (κ3) is 5.55. The average Bonchev–Trinajstić information content (AvgIpc) is 3.33. The maximum absolute atomic E-state index is 12.7. The zero-order valence-electron chi connectivity index (χ0n) is 19.6. The quantitative estimate of drug-likeness (QED) is 0.379. The van der Waals surface area contributed by atoms with Crippen LogP contribution in [-0.4, -0.2) is 52.7 Å². The van der Waals surface area contributed by atoms with E-state index in [0.717, 1.165) is 54.8 Å². The van der Waals surface area contributed by atoms with E-state index < -0.39 is 0 Å². The Morgan fingerprint density at radius 2 is 1.60 bits per heavy atom. The van der Waals surface area contributed by atoms with E-state index in [4.69, 9.17) is 4.74 Å². The van der Waals surface area contributed by atoms with Crippen LogP contribution in [0.1, 0.15) is 5.56 Å². The first kappa shape index (κ1) is 23.1. The number of aryl methyl sites for hydroxylation is 1. The van der Waals surface area contributed by atoms with Gasteiger partial charge >= 0.3 is 0 Å². The van der Waals surface area contributed by atoms with Crippen molar-refractivity contribution < 1.29 is 9.53 Å². The summed E-state index contributed by atoms with van der Waals surface area (Å²) in [5.74, 6) is 0.884. The van der Waals surface area contributed by atoms with E-state index in [-0.39, 0.29) is 11.7 Å². The van der Waals surface area contributed by atoms with Gasteiger partial charge in [-0.1, -0.05) is 59.8 Å². The molecule has 0 atom stereocenters. The fourth-order valence-electron chi connectivity index (χ4n) is 3.97. The molecule has 1 aliphatic heterocycles. The number of benzene rings is 3. The first-order valence-electron chi connectivity index (χ1n) is 11.6. The second-order valence-electron chi connectivity index (χ2n) is 8.33. The first-order valence-corrected chi connectivity index (χ1v) is 12.6. The molecular weight excluding hydrogens is 458 g/mol. The molecule has 7 nitrogen and oxygen atoms in total. The van der Waals surface area contributed by atoms with E-state index in [9.17, 15) is 4.79 Å². The molecule has 0 bridgehead atoms. The summed E-state index contributed by atoms with van der Waals surface area (Å²) in [6, 6.07) is 26.1. The molecular formula is C27H27N5O2S. The summed E-state index contributed by atoms with van der Waals surface area (Å²) in [5.41, 5.74) is 5.02. The summed E-state index contributed by atoms with van der Waals surface area (Å²) in [4.78, 5) is 15.0. The Balaban J connectivity index is 1.29. The third-order valence-electron chi connectivity index (χ3n) is 5.82. The maximum Gasteiger partial charge on any atom is 0.234 e. The smallest absolute Gasteiger partial charge is 0.234 e. The molecule has 1 saturated heterocycles. The number of aromatic nitrogens is 3. The number of rotatable bonds is 7. The molecule has 1 N–H and O–H groups in total. The number of morpholine rings is 1. The molecule has 1 fully saturated rings. The number of ether oxygens (including phenoxy) is 1. The molecule has 0 saturated carbocycles. The molecule has 178 valence electrons. The van der Waals surface area contributed by atoms with E-state index in [1.807, 2.05) is 71.3 Å². The molecule has 1 aliphatic rings. The van der Waals surface area contributed by atoms with Crippen molar-refractivity contribution in [3.05, 3.63) is 84.4 Å². The molecule has 0 unspecified atom stereocenters. The molecule has 0 aliphatic carbocycles. The highest BCUT2D eigenvalue weighted by Crippen LogP contribution is 2.28. The van der Waals surface area contributed by atoms with E-state index in [2.05, 4.69) is 39.5 Å². The fraction of sp³-hybridized carbons (Fsp3) is 0.222. The Morgan fingerprint density at radius 1 is 0.914 bits per heavy atom. The van der Waals surface area contributed by atoms with Crippen LogP contribution in [0.5, 0.6) is 0 Å². The minimum Gasteiger partial charge on any atom is -0.378 e. The van der Waals surface area contributed by atoms with Crippen molar-refractivity contribution in [3.63, 3.8) is 0 Å². The van der Waals surface area contributed by atoms with Crippen molar-refractivity contribution in [1.29, 1.82) is 0 Å². The molecule has 4 aromatic rings. The van der Waals surface area contributed by atoms with Crippen LogP contribution in [0.2, 0.25) is 0 Å². The summed E-state index contributed by atoms with van der Waals surface area (Å²) in [6.45, 7) is 5.31. The van der Waals surface area contributed by atoms with Crippen molar-refractivity contribution in [2.75, 3.05) is 42.3 Å². The van der Waals surface area contributed by atoms with Crippen LogP contribution in [0.25, 0.3) is 17.1 Å². The molecule has 1 amide bonds. The lowest BCUT2D eigenvalue weighted by atomic mass is 10.2. The van der Waals surface area contributed by atoms with Crippen LogP contribution in [0.15, 0.2) is 84.0 Å². The molecule has 0 radical (unpaired) electrons. The molecule has 1 aromatic heterocycles. The van der Waals surface area contributed by atoms with Crippen molar-refractivity contribution in [2.24, 2.45) is 0 Å². The van der Waals surface area contributed by atoms with Crippen LogP contribution >= 0.6 is 11.8 Å². The standard InChI is InChI=1S/C27H27N5O2S/c1-20-7-11-24(12-8-20)32-26(21-5-3-2-4-6-21)29-30-27(32)35-19-25(33)28-22-9-13-23(14-10-22)31-15-17-34-18-16-31/h2-14H,15-19H2,1H3,(H,28,33).